The zero-order valence-corrected chi connectivity index (χ0v) is 10.1. The average Bonchev–Trinajstić information content (AvgIpc) is 2.17. The maximum absolute atomic E-state index is 11.0. The van der Waals surface area contributed by atoms with Crippen LogP contribution in [-0.4, -0.2) is 12.4 Å². The van der Waals surface area contributed by atoms with E-state index in [1.54, 1.807) is 0 Å². The third-order valence-corrected chi connectivity index (χ3v) is 2.72. The van der Waals surface area contributed by atoms with Gasteiger partial charge in [0, 0.05) is 3.57 Å². The predicted octanol–water partition coefficient (Wildman–Crippen LogP) is 2.55. The smallest absolute Gasteiger partial charge is 0.256 e. The number of carbonyl (C=O) groups is 1. The molecule has 0 saturated carbocycles. The third-order valence-electron chi connectivity index (χ3n) is 1.62. The maximum Gasteiger partial charge on any atom is 0.256 e. The minimum Gasteiger partial charge on any atom is -0.496 e. The van der Waals surface area contributed by atoms with Gasteiger partial charge in [-0.2, -0.15) is 5.26 Å². The average molecular weight is 322 g/mol. The highest BCUT2D eigenvalue weighted by Gasteiger charge is 2.13. The van der Waals surface area contributed by atoms with Gasteiger partial charge in [-0.1, -0.05) is 0 Å². The van der Waals surface area contributed by atoms with Crippen LogP contribution in [0.15, 0.2) is 12.1 Å². The molecule has 0 bridgehead atoms. The molecule has 0 aliphatic carbocycles. The molecule has 1 rings (SSSR count). The van der Waals surface area contributed by atoms with Gasteiger partial charge in [-0.25, -0.2) is 0 Å². The maximum atomic E-state index is 11.0. The van der Waals surface area contributed by atoms with Gasteiger partial charge in [0.05, 0.1) is 18.2 Å². The summed E-state index contributed by atoms with van der Waals surface area (Å²) in [5.74, 6) is 0.321. The second-order valence-electron chi connectivity index (χ2n) is 2.42. The van der Waals surface area contributed by atoms with Crippen LogP contribution < -0.4 is 4.74 Å². The van der Waals surface area contributed by atoms with Crippen LogP contribution in [0.5, 0.6) is 5.75 Å². The fraction of sp³-hybridized carbons (Fsp3) is 0.111. The van der Waals surface area contributed by atoms with E-state index in [0.717, 1.165) is 0 Å². The van der Waals surface area contributed by atoms with E-state index in [0.29, 0.717) is 14.9 Å². The van der Waals surface area contributed by atoms with Crippen molar-refractivity contribution in [3.63, 3.8) is 0 Å². The van der Waals surface area contributed by atoms with Crippen LogP contribution >= 0.6 is 34.2 Å². The Bertz CT molecular complexity index is 426. The zero-order valence-electron chi connectivity index (χ0n) is 7.17. The van der Waals surface area contributed by atoms with E-state index in [9.17, 15) is 4.79 Å². The van der Waals surface area contributed by atoms with Crippen molar-refractivity contribution in [1.29, 1.82) is 5.26 Å². The summed E-state index contributed by atoms with van der Waals surface area (Å²) in [5, 5.41) is 8.15. The number of halogens is 2. The Kier molecular flexibility index (Phi) is 3.72. The number of nitriles is 1. The summed E-state index contributed by atoms with van der Waals surface area (Å²) >= 11 is 7.31. The number of nitrogens with zero attached hydrogens (tertiary/aromatic N) is 1. The van der Waals surface area contributed by atoms with Gasteiger partial charge >= 0.3 is 0 Å². The molecule has 1 aromatic rings. The lowest BCUT2D eigenvalue weighted by Gasteiger charge is -2.06. The highest BCUT2D eigenvalue weighted by atomic mass is 127. The molecule has 0 spiro atoms. The van der Waals surface area contributed by atoms with Crippen molar-refractivity contribution in [3.05, 3.63) is 26.8 Å². The Morgan fingerprint density at radius 1 is 1.64 bits per heavy atom. The van der Waals surface area contributed by atoms with Crippen molar-refractivity contribution in [1.82, 2.24) is 0 Å². The van der Waals surface area contributed by atoms with Crippen LogP contribution in [0.3, 0.4) is 0 Å². The SMILES string of the molecule is COc1cc(C#N)c(I)cc1C(=O)Cl. The van der Waals surface area contributed by atoms with Crippen molar-refractivity contribution >= 4 is 39.4 Å². The van der Waals surface area contributed by atoms with Crippen molar-refractivity contribution in [2.24, 2.45) is 0 Å². The van der Waals surface area contributed by atoms with E-state index < -0.39 is 5.24 Å². The summed E-state index contributed by atoms with van der Waals surface area (Å²) in [5.41, 5.74) is 0.738. The topological polar surface area (TPSA) is 50.1 Å². The molecule has 0 aromatic heterocycles. The number of hydrogen-bond donors (Lipinski definition) is 0. The molecule has 0 aliphatic heterocycles. The molecule has 0 unspecified atom stereocenters. The standard InChI is InChI=1S/C9H5ClINO2/c1-14-8-2-5(4-12)7(11)3-6(8)9(10)13/h2-3H,1H3. The summed E-state index contributed by atoms with van der Waals surface area (Å²) in [7, 11) is 1.42. The quantitative estimate of drug-likeness (QED) is 0.621. The minimum absolute atomic E-state index is 0.276. The normalized spacial score (nSPS) is 9.29. The number of hydrogen-bond acceptors (Lipinski definition) is 3. The number of ether oxygens (including phenoxy) is 1. The Hall–Kier alpha value is -0.800. The molecular formula is C9H5ClINO2. The van der Waals surface area contributed by atoms with Crippen molar-refractivity contribution in [2.75, 3.05) is 7.11 Å². The lowest BCUT2D eigenvalue weighted by atomic mass is 10.1. The van der Waals surface area contributed by atoms with Crippen molar-refractivity contribution in [3.8, 4) is 11.8 Å². The van der Waals surface area contributed by atoms with Crippen LogP contribution in [0.4, 0.5) is 0 Å². The first-order valence-corrected chi connectivity index (χ1v) is 5.03. The van der Waals surface area contributed by atoms with Gasteiger partial charge in [-0.15, -0.1) is 0 Å². The van der Waals surface area contributed by atoms with Gasteiger partial charge in [0.2, 0.25) is 0 Å². The van der Waals surface area contributed by atoms with Crippen LogP contribution in [0.2, 0.25) is 0 Å². The van der Waals surface area contributed by atoms with Gasteiger partial charge in [0.1, 0.15) is 11.8 Å². The fourth-order valence-corrected chi connectivity index (χ4v) is 1.70. The van der Waals surface area contributed by atoms with Crippen LogP contribution in [0.1, 0.15) is 15.9 Å². The van der Waals surface area contributed by atoms with E-state index in [2.05, 4.69) is 0 Å². The molecule has 0 N–H and O–H groups in total. The lowest BCUT2D eigenvalue weighted by molar-refractivity contribution is 0.107. The largest absolute Gasteiger partial charge is 0.496 e. The van der Waals surface area contributed by atoms with Gasteiger partial charge in [-0.05, 0) is 46.3 Å². The molecule has 3 nitrogen and oxygen atoms in total. The molecule has 0 saturated heterocycles. The highest BCUT2D eigenvalue weighted by Crippen LogP contribution is 2.25. The first kappa shape index (κ1) is 11.3. The Morgan fingerprint density at radius 3 is 2.71 bits per heavy atom. The molecule has 14 heavy (non-hydrogen) atoms. The Morgan fingerprint density at radius 2 is 2.29 bits per heavy atom. The molecule has 0 radical (unpaired) electrons. The highest BCUT2D eigenvalue weighted by molar-refractivity contribution is 14.1. The minimum atomic E-state index is -0.593. The van der Waals surface area contributed by atoms with Crippen LogP contribution in [0.25, 0.3) is 0 Å². The molecule has 0 atom stereocenters. The molecule has 0 heterocycles. The number of rotatable bonds is 2. The second-order valence-corrected chi connectivity index (χ2v) is 3.92. The van der Waals surface area contributed by atoms with Crippen molar-refractivity contribution in [2.45, 2.75) is 0 Å². The van der Waals surface area contributed by atoms with E-state index in [1.807, 2.05) is 28.7 Å². The molecule has 0 aliphatic rings. The number of carbonyl (C=O) groups excluding carboxylic acids is 1. The lowest BCUT2D eigenvalue weighted by Crippen LogP contribution is -1.98. The predicted molar refractivity (Wildman–Crippen MR) is 60.6 cm³/mol. The number of methoxy groups -OCH3 is 1. The van der Waals surface area contributed by atoms with Gasteiger partial charge in [0.15, 0.2) is 0 Å². The van der Waals surface area contributed by atoms with Gasteiger partial charge < -0.3 is 4.74 Å². The Balaban J connectivity index is 3.41. The molecule has 5 heteroatoms. The summed E-state index contributed by atoms with van der Waals surface area (Å²) in [6.45, 7) is 0. The second kappa shape index (κ2) is 4.62. The van der Waals surface area contributed by atoms with Gasteiger partial charge in [0.25, 0.3) is 5.24 Å². The Labute approximate surface area is 99.8 Å². The molecule has 0 amide bonds. The van der Waals surface area contributed by atoms with E-state index in [1.165, 1.54) is 19.2 Å². The van der Waals surface area contributed by atoms with Crippen molar-refractivity contribution < 1.29 is 9.53 Å². The summed E-state index contributed by atoms with van der Waals surface area (Å²) in [6.07, 6.45) is 0. The van der Waals surface area contributed by atoms with Crippen LogP contribution in [-0.2, 0) is 0 Å². The first-order valence-electron chi connectivity index (χ1n) is 3.57. The summed E-state index contributed by atoms with van der Waals surface area (Å²) in [4.78, 5) is 11.0. The third kappa shape index (κ3) is 2.16. The molecule has 1 aromatic carbocycles. The fourth-order valence-electron chi connectivity index (χ4n) is 0.962. The number of benzene rings is 1. The zero-order chi connectivity index (χ0) is 10.7. The monoisotopic (exact) mass is 321 g/mol. The molecular weight excluding hydrogens is 316 g/mol. The van der Waals surface area contributed by atoms with E-state index >= 15 is 0 Å². The summed E-state index contributed by atoms with van der Waals surface area (Å²) in [6, 6.07) is 5.03. The van der Waals surface area contributed by atoms with Crippen LogP contribution in [0, 0.1) is 14.9 Å². The molecule has 0 fully saturated rings. The first-order chi connectivity index (χ1) is 6.60. The summed E-state index contributed by atoms with van der Waals surface area (Å²) < 4.78 is 5.62. The van der Waals surface area contributed by atoms with Gasteiger partial charge in [-0.3, -0.25) is 4.79 Å². The van der Waals surface area contributed by atoms with E-state index in [-0.39, 0.29) is 5.56 Å². The molecule has 72 valence electrons. The van der Waals surface area contributed by atoms with E-state index in [4.69, 9.17) is 21.6 Å².